The third-order valence-electron chi connectivity index (χ3n) is 2.79. The van der Waals surface area contributed by atoms with Gasteiger partial charge in [-0.05, 0) is 31.0 Å². The number of sulfonamides is 1. The number of carbonyl (C=O) groups is 1. The van der Waals surface area contributed by atoms with Crippen LogP contribution in [0.1, 0.15) is 31.4 Å². The molecule has 0 spiro atoms. The van der Waals surface area contributed by atoms with Crippen LogP contribution in [-0.4, -0.2) is 27.2 Å². The van der Waals surface area contributed by atoms with Crippen LogP contribution in [0.4, 0.5) is 5.69 Å². The molecule has 0 aliphatic carbocycles. The molecule has 0 aliphatic heterocycles. The molecule has 1 aromatic carbocycles. The topological polar surface area (TPSA) is 98.5 Å². The lowest BCUT2D eigenvalue weighted by Gasteiger charge is -2.15. The first-order valence-electron chi connectivity index (χ1n) is 6.26. The maximum Gasteiger partial charge on any atom is 0.305 e. The third-order valence-corrected chi connectivity index (χ3v) is 4.33. The molecule has 0 aliphatic rings. The summed E-state index contributed by atoms with van der Waals surface area (Å²) >= 11 is 0. The summed E-state index contributed by atoms with van der Waals surface area (Å²) in [6.07, 6.45) is 0.315. The van der Waals surface area contributed by atoms with E-state index >= 15 is 0 Å². The zero-order valence-electron chi connectivity index (χ0n) is 11.6. The number of methoxy groups -OCH3 is 1. The number of ether oxygens (including phenoxy) is 1. The molecule has 0 aromatic heterocycles. The Bertz CT molecular complexity index is 557. The van der Waals surface area contributed by atoms with Crippen LogP contribution in [-0.2, 0) is 19.6 Å². The summed E-state index contributed by atoms with van der Waals surface area (Å²) in [5.41, 5.74) is 7.04. The smallest absolute Gasteiger partial charge is 0.305 e. The van der Waals surface area contributed by atoms with Crippen LogP contribution in [0.5, 0.6) is 0 Å². The maximum atomic E-state index is 11.9. The summed E-state index contributed by atoms with van der Waals surface area (Å²) in [7, 11) is -2.17. The Morgan fingerprint density at radius 2 is 2.15 bits per heavy atom. The summed E-state index contributed by atoms with van der Waals surface area (Å²) in [5.74, 6) is -0.529. The molecule has 0 saturated carbocycles. The van der Waals surface area contributed by atoms with Gasteiger partial charge in [0, 0.05) is 18.2 Å². The maximum absolute atomic E-state index is 11.9. The lowest BCUT2D eigenvalue weighted by Crippen LogP contribution is -2.29. The quantitative estimate of drug-likeness (QED) is 0.582. The van der Waals surface area contributed by atoms with E-state index in [4.69, 9.17) is 5.73 Å². The Morgan fingerprint density at radius 3 is 2.75 bits per heavy atom. The molecule has 1 aromatic rings. The second-order valence-corrected chi connectivity index (χ2v) is 6.38. The Hall–Kier alpha value is -1.60. The highest BCUT2D eigenvalue weighted by molar-refractivity contribution is 7.89. The van der Waals surface area contributed by atoms with Gasteiger partial charge in [-0.15, -0.1) is 0 Å². The van der Waals surface area contributed by atoms with Crippen LogP contribution in [0.3, 0.4) is 0 Å². The molecule has 0 saturated heterocycles. The molecule has 112 valence electrons. The number of nitrogens with two attached hydrogens (primary N) is 1. The fourth-order valence-corrected chi connectivity index (χ4v) is 3.05. The number of hydrogen-bond donors (Lipinski definition) is 2. The van der Waals surface area contributed by atoms with Gasteiger partial charge >= 0.3 is 5.97 Å². The van der Waals surface area contributed by atoms with Crippen molar-refractivity contribution in [1.82, 2.24) is 4.72 Å². The van der Waals surface area contributed by atoms with Crippen molar-refractivity contribution in [3.8, 4) is 0 Å². The van der Waals surface area contributed by atoms with Crippen molar-refractivity contribution in [3.63, 3.8) is 0 Å². The predicted octanol–water partition coefficient (Wildman–Crippen LogP) is 1.20. The predicted molar refractivity (Wildman–Crippen MR) is 77.4 cm³/mol. The first kappa shape index (κ1) is 16.5. The number of benzene rings is 1. The molecule has 1 rings (SSSR count). The summed E-state index contributed by atoms with van der Waals surface area (Å²) in [6, 6.07) is 6.66. The van der Waals surface area contributed by atoms with Gasteiger partial charge in [0.1, 0.15) is 0 Å². The third kappa shape index (κ3) is 5.58. The van der Waals surface area contributed by atoms with Crippen LogP contribution < -0.4 is 10.5 Å². The van der Waals surface area contributed by atoms with Gasteiger partial charge in [0.2, 0.25) is 10.0 Å². The van der Waals surface area contributed by atoms with Crippen molar-refractivity contribution >= 4 is 21.7 Å². The monoisotopic (exact) mass is 300 g/mol. The van der Waals surface area contributed by atoms with Crippen molar-refractivity contribution in [3.05, 3.63) is 29.8 Å². The molecule has 0 heterocycles. The Kier molecular flexibility index (Phi) is 5.97. The summed E-state index contributed by atoms with van der Waals surface area (Å²) < 4.78 is 30.8. The summed E-state index contributed by atoms with van der Waals surface area (Å²) in [5, 5.41) is 0. The van der Waals surface area contributed by atoms with E-state index in [1.165, 1.54) is 7.11 Å². The normalized spacial score (nSPS) is 12.9. The number of carbonyl (C=O) groups excluding carboxylic acids is 1. The highest BCUT2D eigenvalue weighted by Gasteiger charge is 2.16. The fourth-order valence-electron chi connectivity index (χ4n) is 1.73. The van der Waals surface area contributed by atoms with Crippen molar-refractivity contribution in [2.75, 3.05) is 18.6 Å². The molecule has 1 unspecified atom stereocenters. The lowest BCUT2D eigenvalue weighted by atomic mass is 10.1. The van der Waals surface area contributed by atoms with Crippen molar-refractivity contribution in [1.29, 1.82) is 0 Å². The summed E-state index contributed by atoms with van der Waals surface area (Å²) in [4.78, 5) is 10.9. The van der Waals surface area contributed by atoms with Crippen LogP contribution in [0, 0.1) is 0 Å². The molecule has 3 N–H and O–H groups in total. The minimum Gasteiger partial charge on any atom is -0.469 e. The van der Waals surface area contributed by atoms with Gasteiger partial charge in [0.15, 0.2) is 0 Å². The molecule has 0 fully saturated rings. The highest BCUT2D eigenvalue weighted by Crippen LogP contribution is 2.16. The fraction of sp³-hybridized carbons (Fsp3) is 0.462. The number of esters is 1. The molecule has 0 bridgehead atoms. The van der Waals surface area contributed by atoms with Gasteiger partial charge < -0.3 is 10.5 Å². The van der Waals surface area contributed by atoms with Crippen LogP contribution in [0.15, 0.2) is 24.3 Å². The number of anilines is 1. The molecular formula is C13H20N2O4S. The lowest BCUT2D eigenvalue weighted by molar-refractivity contribution is -0.140. The minimum atomic E-state index is -3.44. The average molecular weight is 300 g/mol. The van der Waals surface area contributed by atoms with E-state index in [2.05, 4.69) is 9.46 Å². The molecule has 6 nitrogen and oxygen atoms in total. The molecule has 20 heavy (non-hydrogen) atoms. The largest absolute Gasteiger partial charge is 0.469 e. The molecule has 0 amide bonds. The Labute approximate surface area is 119 Å². The number of rotatable bonds is 7. The average Bonchev–Trinajstić information content (AvgIpc) is 2.37. The molecular weight excluding hydrogens is 280 g/mol. The van der Waals surface area contributed by atoms with Crippen molar-refractivity contribution in [2.24, 2.45) is 0 Å². The van der Waals surface area contributed by atoms with Crippen LogP contribution in [0.2, 0.25) is 0 Å². The second-order valence-electron chi connectivity index (χ2n) is 4.51. The Morgan fingerprint density at radius 1 is 1.45 bits per heavy atom. The van der Waals surface area contributed by atoms with Crippen molar-refractivity contribution < 1.29 is 17.9 Å². The number of hydrogen-bond acceptors (Lipinski definition) is 5. The van der Waals surface area contributed by atoms with Gasteiger partial charge in [0.05, 0.1) is 12.9 Å². The SMILES string of the molecule is COC(=O)CCCS(=O)(=O)NC(C)c1cccc(N)c1. The molecule has 1 atom stereocenters. The standard InChI is InChI=1S/C13H20N2O4S/c1-10(11-5-3-6-12(14)9-11)15-20(17,18)8-4-7-13(16)19-2/h3,5-6,9-10,15H,4,7-8,14H2,1-2H3. The molecule has 7 heteroatoms. The first-order chi connectivity index (χ1) is 9.34. The summed E-state index contributed by atoms with van der Waals surface area (Å²) in [6.45, 7) is 1.74. The van der Waals surface area contributed by atoms with Crippen LogP contribution in [0.25, 0.3) is 0 Å². The highest BCUT2D eigenvalue weighted by atomic mass is 32.2. The van der Waals surface area contributed by atoms with E-state index in [-0.39, 0.29) is 24.6 Å². The first-order valence-corrected chi connectivity index (χ1v) is 7.91. The van der Waals surface area contributed by atoms with E-state index in [0.29, 0.717) is 5.69 Å². The van der Waals surface area contributed by atoms with Gasteiger partial charge in [-0.1, -0.05) is 12.1 Å². The van der Waals surface area contributed by atoms with E-state index in [1.807, 2.05) is 0 Å². The van der Waals surface area contributed by atoms with E-state index in [9.17, 15) is 13.2 Å². The van der Waals surface area contributed by atoms with Crippen molar-refractivity contribution in [2.45, 2.75) is 25.8 Å². The van der Waals surface area contributed by atoms with Gasteiger partial charge in [-0.25, -0.2) is 13.1 Å². The zero-order chi connectivity index (χ0) is 15.2. The second kappa shape index (κ2) is 7.25. The number of nitrogens with one attached hydrogen (secondary N) is 1. The Balaban J connectivity index is 2.55. The van der Waals surface area contributed by atoms with E-state index in [1.54, 1.807) is 31.2 Å². The van der Waals surface area contributed by atoms with Gasteiger partial charge in [-0.3, -0.25) is 4.79 Å². The van der Waals surface area contributed by atoms with Crippen LogP contribution >= 0.6 is 0 Å². The van der Waals surface area contributed by atoms with Gasteiger partial charge in [0.25, 0.3) is 0 Å². The van der Waals surface area contributed by atoms with E-state index < -0.39 is 16.0 Å². The molecule has 0 radical (unpaired) electrons. The zero-order valence-corrected chi connectivity index (χ0v) is 12.4. The van der Waals surface area contributed by atoms with E-state index in [0.717, 1.165) is 5.56 Å². The minimum absolute atomic E-state index is 0.0874. The van der Waals surface area contributed by atoms with Gasteiger partial charge in [-0.2, -0.15) is 0 Å². The number of nitrogen functional groups attached to an aromatic ring is 1.